The van der Waals surface area contributed by atoms with E-state index in [0.717, 1.165) is 5.92 Å². The number of hydrogen-bond acceptors (Lipinski definition) is 3. The molecule has 0 spiro atoms. The summed E-state index contributed by atoms with van der Waals surface area (Å²) in [5.41, 5.74) is 0. The van der Waals surface area contributed by atoms with Crippen molar-refractivity contribution >= 4 is 10.1 Å². The Hall–Kier alpha value is -0.130. The Bertz CT molecular complexity index is 283. The highest BCUT2D eigenvalue weighted by atomic mass is 32.2. The monoisotopic (exact) mass is 279 g/mol. The smallest absolute Gasteiger partial charge is 0.0916 e. The lowest BCUT2D eigenvalue weighted by atomic mass is 10.0. The van der Waals surface area contributed by atoms with Crippen molar-refractivity contribution in [3.8, 4) is 0 Å². The molecule has 4 nitrogen and oxygen atoms in total. The van der Waals surface area contributed by atoms with Crippen LogP contribution in [-0.4, -0.2) is 38.9 Å². The van der Waals surface area contributed by atoms with Crippen LogP contribution in [0.15, 0.2) is 0 Å². The lowest BCUT2D eigenvalue weighted by Crippen LogP contribution is -3.10. The van der Waals surface area contributed by atoms with Crippen molar-refractivity contribution in [2.24, 2.45) is 5.92 Å². The zero-order valence-corrected chi connectivity index (χ0v) is 12.9. The van der Waals surface area contributed by atoms with Gasteiger partial charge in [-0.1, -0.05) is 26.7 Å². The lowest BCUT2D eigenvalue weighted by Gasteiger charge is -2.12. The normalized spacial score (nSPS) is 23.6. The molecule has 0 aromatic carbocycles. The van der Waals surface area contributed by atoms with E-state index in [1.165, 1.54) is 58.2 Å². The van der Waals surface area contributed by atoms with Gasteiger partial charge in [-0.2, -0.15) is 0 Å². The first-order valence-corrected chi connectivity index (χ1v) is 8.92. The number of quaternary nitrogens is 1. The minimum Gasteiger partial charge on any atom is -0.748 e. The standard InChI is InChI=1S/C12H25N.CH4O3S/c1-3-5-6-9-13-10-8-12(11-13)7-4-2;1-5(2,3)4/h12H,3-11H2,1-2H3;1H3,(H,2,3,4). The largest absolute Gasteiger partial charge is 0.748 e. The molecule has 1 aliphatic heterocycles. The highest BCUT2D eigenvalue weighted by Crippen LogP contribution is 2.11. The number of rotatable bonds is 6. The summed E-state index contributed by atoms with van der Waals surface area (Å²) in [7, 11) is -3.92. The molecule has 0 aromatic rings. The summed E-state index contributed by atoms with van der Waals surface area (Å²) in [6.45, 7) is 8.97. The van der Waals surface area contributed by atoms with E-state index in [4.69, 9.17) is 13.0 Å². The van der Waals surface area contributed by atoms with Gasteiger partial charge in [0, 0.05) is 18.6 Å². The summed E-state index contributed by atoms with van der Waals surface area (Å²) in [5.74, 6) is 1.06. The highest BCUT2D eigenvalue weighted by Gasteiger charge is 2.24. The number of nitrogens with one attached hydrogen (secondary N) is 1. The second-order valence-electron chi connectivity index (χ2n) is 5.31. The molecule has 1 saturated heterocycles. The molecule has 1 rings (SSSR count). The first-order valence-electron chi connectivity index (χ1n) is 7.11. The van der Waals surface area contributed by atoms with Crippen LogP contribution in [0, 0.1) is 5.92 Å². The molecule has 110 valence electrons. The second-order valence-corrected chi connectivity index (χ2v) is 6.72. The molecule has 1 aliphatic rings. The topological polar surface area (TPSA) is 61.6 Å². The summed E-state index contributed by atoms with van der Waals surface area (Å²) in [6.07, 6.45) is 9.20. The fourth-order valence-electron chi connectivity index (χ4n) is 2.53. The minimum atomic E-state index is -3.92. The average Bonchev–Trinajstić information content (AvgIpc) is 2.64. The fraction of sp³-hybridized carbons (Fsp3) is 1.00. The van der Waals surface area contributed by atoms with E-state index < -0.39 is 10.1 Å². The van der Waals surface area contributed by atoms with Crippen molar-refractivity contribution in [2.75, 3.05) is 25.9 Å². The van der Waals surface area contributed by atoms with E-state index in [0.29, 0.717) is 6.26 Å². The Morgan fingerprint density at radius 1 is 1.22 bits per heavy atom. The van der Waals surface area contributed by atoms with Crippen LogP contribution < -0.4 is 4.90 Å². The van der Waals surface area contributed by atoms with E-state index in [9.17, 15) is 0 Å². The summed E-state index contributed by atoms with van der Waals surface area (Å²) in [5, 5.41) is 0. The molecule has 1 fully saturated rings. The molecule has 0 radical (unpaired) electrons. The Labute approximate surface area is 113 Å². The maximum absolute atomic E-state index is 9.08. The van der Waals surface area contributed by atoms with Crippen molar-refractivity contribution in [3.63, 3.8) is 0 Å². The van der Waals surface area contributed by atoms with Crippen LogP contribution >= 0.6 is 0 Å². The van der Waals surface area contributed by atoms with Gasteiger partial charge in [0.2, 0.25) is 0 Å². The van der Waals surface area contributed by atoms with Crippen LogP contribution in [0.5, 0.6) is 0 Å². The van der Waals surface area contributed by atoms with Crippen LogP contribution in [0.1, 0.15) is 52.4 Å². The first kappa shape index (κ1) is 17.9. The van der Waals surface area contributed by atoms with Gasteiger partial charge in [-0.15, -0.1) is 0 Å². The number of hydrogen-bond donors (Lipinski definition) is 1. The number of likely N-dealkylation sites (tertiary alicyclic amines) is 1. The Morgan fingerprint density at radius 2 is 1.83 bits per heavy atom. The van der Waals surface area contributed by atoms with Crippen LogP contribution in [0.25, 0.3) is 0 Å². The molecule has 18 heavy (non-hydrogen) atoms. The van der Waals surface area contributed by atoms with E-state index in [2.05, 4.69) is 13.8 Å². The summed E-state index contributed by atoms with van der Waals surface area (Å²) in [4.78, 5) is 1.88. The van der Waals surface area contributed by atoms with Gasteiger partial charge in [0.1, 0.15) is 0 Å². The van der Waals surface area contributed by atoms with E-state index in [1.54, 1.807) is 0 Å². The zero-order valence-electron chi connectivity index (χ0n) is 12.1. The third kappa shape index (κ3) is 12.3. The SMILES string of the molecule is CCCCC[NH+]1CCC(CCC)C1.CS(=O)(=O)[O-]. The Morgan fingerprint density at radius 3 is 2.33 bits per heavy atom. The average molecular weight is 279 g/mol. The van der Waals surface area contributed by atoms with Gasteiger partial charge in [0.05, 0.1) is 29.8 Å². The van der Waals surface area contributed by atoms with E-state index in [-0.39, 0.29) is 0 Å². The molecule has 2 unspecified atom stereocenters. The van der Waals surface area contributed by atoms with Gasteiger partial charge in [-0.25, -0.2) is 8.42 Å². The molecule has 0 bridgehead atoms. The number of unbranched alkanes of at least 4 members (excludes halogenated alkanes) is 2. The predicted octanol–water partition coefficient (Wildman–Crippen LogP) is 1.04. The maximum Gasteiger partial charge on any atom is 0.0916 e. The summed E-state index contributed by atoms with van der Waals surface area (Å²) < 4.78 is 27.2. The van der Waals surface area contributed by atoms with Gasteiger partial charge in [0.25, 0.3) is 0 Å². The van der Waals surface area contributed by atoms with Crippen molar-refractivity contribution < 1.29 is 17.9 Å². The third-order valence-corrected chi connectivity index (χ3v) is 3.31. The highest BCUT2D eigenvalue weighted by molar-refractivity contribution is 7.84. The third-order valence-electron chi connectivity index (χ3n) is 3.31. The summed E-state index contributed by atoms with van der Waals surface area (Å²) in [6, 6.07) is 0. The minimum absolute atomic E-state index is 0.604. The predicted molar refractivity (Wildman–Crippen MR) is 73.7 cm³/mol. The van der Waals surface area contributed by atoms with E-state index in [1.807, 2.05) is 4.90 Å². The van der Waals surface area contributed by atoms with E-state index >= 15 is 0 Å². The molecule has 0 saturated carbocycles. The van der Waals surface area contributed by atoms with Crippen LogP contribution in [0.3, 0.4) is 0 Å². The molecular weight excluding hydrogens is 250 g/mol. The Balaban J connectivity index is 0.000000494. The summed E-state index contributed by atoms with van der Waals surface area (Å²) >= 11 is 0. The van der Waals surface area contributed by atoms with Crippen molar-refractivity contribution in [2.45, 2.75) is 52.4 Å². The van der Waals surface area contributed by atoms with Gasteiger partial charge in [-0.3, -0.25) is 0 Å². The van der Waals surface area contributed by atoms with Crippen molar-refractivity contribution in [1.82, 2.24) is 0 Å². The van der Waals surface area contributed by atoms with Crippen molar-refractivity contribution in [1.29, 1.82) is 0 Å². The van der Waals surface area contributed by atoms with Gasteiger partial charge >= 0.3 is 0 Å². The van der Waals surface area contributed by atoms with Gasteiger partial charge in [0.15, 0.2) is 0 Å². The van der Waals surface area contributed by atoms with Crippen LogP contribution in [-0.2, 0) is 10.1 Å². The Kier molecular flexibility index (Phi) is 9.68. The molecule has 0 aliphatic carbocycles. The molecule has 1 heterocycles. The lowest BCUT2D eigenvalue weighted by molar-refractivity contribution is -0.889. The molecule has 0 aromatic heterocycles. The quantitative estimate of drug-likeness (QED) is 0.584. The molecule has 2 atom stereocenters. The van der Waals surface area contributed by atoms with Crippen LogP contribution in [0.2, 0.25) is 0 Å². The molecule has 1 N–H and O–H groups in total. The second kappa shape index (κ2) is 9.75. The van der Waals surface area contributed by atoms with Crippen molar-refractivity contribution in [3.05, 3.63) is 0 Å². The van der Waals surface area contributed by atoms with Gasteiger partial charge < -0.3 is 9.45 Å². The zero-order chi connectivity index (χ0) is 14.0. The molecule has 5 heteroatoms. The molecule has 0 amide bonds. The maximum atomic E-state index is 9.08. The molecular formula is C13H29NO3S. The first-order chi connectivity index (χ1) is 8.36. The fourth-order valence-corrected chi connectivity index (χ4v) is 2.53. The van der Waals surface area contributed by atoms with Gasteiger partial charge in [-0.05, 0) is 19.3 Å². The van der Waals surface area contributed by atoms with Crippen LogP contribution in [0.4, 0.5) is 0 Å².